The summed E-state index contributed by atoms with van der Waals surface area (Å²) >= 11 is 7.88. The third-order valence-corrected chi connectivity index (χ3v) is 8.36. The predicted molar refractivity (Wildman–Crippen MR) is 164 cm³/mol. The molecule has 1 aliphatic heterocycles. The number of thioether (sulfide) groups is 1. The molecule has 0 fully saturated rings. The van der Waals surface area contributed by atoms with Gasteiger partial charge in [0.2, 0.25) is 11.8 Å². The van der Waals surface area contributed by atoms with Gasteiger partial charge in [-0.25, -0.2) is 4.79 Å². The molecule has 1 aliphatic rings. The Morgan fingerprint density at radius 1 is 1.07 bits per heavy atom. The Bertz CT molecular complexity index is 1260. The molecular formula is C31H41ClN2O6S. The first-order chi connectivity index (χ1) is 19.3. The smallest absolute Gasteiger partial charge is 0.328 e. The molecule has 0 aliphatic carbocycles. The Balaban J connectivity index is 2.12. The van der Waals surface area contributed by atoms with Gasteiger partial charge in [-0.15, -0.1) is 11.8 Å². The second-order valence-electron chi connectivity index (χ2n) is 11.8. The highest BCUT2D eigenvalue weighted by Crippen LogP contribution is 2.51. The number of methoxy groups -OCH3 is 3. The zero-order valence-corrected chi connectivity index (χ0v) is 26.7. The van der Waals surface area contributed by atoms with Gasteiger partial charge >= 0.3 is 5.97 Å². The molecular weight excluding hydrogens is 564 g/mol. The number of fused-ring (bicyclic) bond motifs is 1. The van der Waals surface area contributed by atoms with E-state index in [0.29, 0.717) is 29.5 Å². The normalized spacial score (nSPS) is 17.9. The molecule has 0 saturated heterocycles. The quantitative estimate of drug-likeness (QED) is 0.331. The molecule has 8 nitrogen and oxygen atoms in total. The van der Waals surface area contributed by atoms with Crippen molar-refractivity contribution in [3.8, 4) is 11.5 Å². The van der Waals surface area contributed by atoms with Crippen LogP contribution in [0.3, 0.4) is 0 Å². The third-order valence-electron chi connectivity index (χ3n) is 6.65. The minimum atomic E-state index is -0.797. The van der Waals surface area contributed by atoms with Crippen LogP contribution in [0.5, 0.6) is 11.5 Å². The van der Waals surface area contributed by atoms with E-state index in [1.54, 1.807) is 25.2 Å². The first-order valence-corrected chi connectivity index (χ1v) is 15.0. The lowest BCUT2D eigenvalue weighted by Crippen LogP contribution is -2.46. The van der Waals surface area contributed by atoms with Crippen molar-refractivity contribution in [1.82, 2.24) is 5.32 Å². The molecule has 3 atom stereocenters. The molecule has 0 spiro atoms. The fraction of sp³-hybridized carbons (Fsp3) is 0.516. The van der Waals surface area contributed by atoms with E-state index in [1.807, 2.05) is 44.2 Å². The van der Waals surface area contributed by atoms with Crippen molar-refractivity contribution in [3.63, 3.8) is 0 Å². The summed E-state index contributed by atoms with van der Waals surface area (Å²) in [6, 6.07) is 10.3. The van der Waals surface area contributed by atoms with E-state index < -0.39 is 28.4 Å². The number of nitrogens with one attached hydrogen (secondary N) is 1. The molecule has 0 aromatic heterocycles. The number of hydrogen-bond donors (Lipinski definition) is 1. The Labute approximate surface area is 252 Å². The van der Waals surface area contributed by atoms with Crippen LogP contribution in [0.2, 0.25) is 5.02 Å². The predicted octanol–water partition coefficient (Wildman–Crippen LogP) is 6.04. The molecule has 0 saturated carbocycles. The molecule has 1 heterocycles. The van der Waals surface area contributed by atoms with Crippen molar-refractivity contribution >= 4 is 46.8 Å². The van der Waals surface area contributed by atoms with E-state index in [9.17, 15) is 14.4 Å². The first kappa shape index (κ1) is 32.6. The number of ether oxygens (including phenoxy) is 3. The number of rotatable bonds is 10. The summed E-state index contributed by atoms with van der Waals surface area (Å²) < 4.78 is 16.3. The largest absolute Gasteiger partial charge is 0.493 e. The number of carbonyl (C=O) groups excluding carboxylic acids is 3. The Morgan fingerprint density at radius 2 is 1.78 bits per heavy atom. The summed E-state index contributed by atoms with van der Waals surface area (Å²) in [6.45, 7) is 10.5. The number of nitrogens with zero attached hydrogens (tertiary/aromatic N) is 1. The minimum Gasteiger partial charge on any atom is -0.493 e. The zero-order chi connectivity index (χ0) is 30.5. The van der Waals surface area contributed by atoms with Crippen molar-refractivity contribution in [2.45, 2.75) is 64.0 Å². The summed E-state index contributed by atoms with van der Waals surface area (Å²) in [4.78, 5) is 41.8. The lowest BCUT2D eigenvalue weighted by Gasteiger charge is -2.32. The lowest BCUT2D eigenvalue weighted by molar-refractivity contribution is -0.145. The van der Waals surface area contributed by atoms with E-state index in [-0.39, 0.29) is 23.7 Å². The highest BCUT2D eigenvalue weighted by atomic mass is 35.5. The van der Waals surface area contributed by atoms with Crippen LogP contribution >= 0.6 is 23.4 Å². The summed E-state index contributed by atoms with van der Waals surface area (Å²) in [7, 11) is 4.44. The van der Waals surface area contributed by atoms with Crippen molar-refractivity contribution in [2.24, 2.45) is 11.3 Å². The average Bonchev–Trinajstić information content (AvgIpc) is 3.00. The Kier molecular flexibility index (Phi) is 11.0. The van der Waals surface area contributed by atoms with Crippen LogP contribution in [0.1, 0.15) is 63.8 Å². The average molecular weight is 605 g/mol. The summed E-state index contributed by atoms with van der Waals surface area (Å²) in [6.07, 6.45) is 0.300. The highest BCUT2D eigenvalue weighted by molar-refractivity contribution is 8.01. The van der Waals surface area contributed by atoms with Gasteiger partial charge in [0.25, 0.3) is 0 Å². The van der Waals surface area contributed by atoms with Crippen LogP contribution in [-0.4, -0.2) is 56.9 Å². The number of esters is 1. The van der Waals surface area contributed by atoms with Gasteiger partial charge in [0.1, 0.15) is 6.04 Å². The van der Waals surface area contributed by atoms with Gasteiger partial charge in [0.15, 0.2) is 11.5 Å². The van der Waals surface area contributed by atoms with Crippen molar-refractivity contribution in [1.29, 1.82) is 0 Å². The number of benzene rings is 2. The monoisotopic (exact) mass is 604 g/mol. The standard InChI is InChI=1S/C31H41ClN2O6S/c1-18(2)14-22(30(37)40-8)33-26(35)16-25-29(36)34(17-31(3,4)5)23-13-12-19(32)15-21(23)28(41-25)20-10-9-11-24(38-6)27(20)39-7/h9-13,15,18,22,25,28H,14,16-17H2,1-8H3,(H,33,35)/t22-,25-,28-/m0/s1. The molecule has 3 rings (SSSR count). The second-order valence-corrected chi connectivity index (χ2v) is 13.5. The van der Waals surface area contributed by atoms with Gasteiger partial charge in [0.05, 0.1) is 31.8 Å². The van der Waals surface area contributed by atoms with Crippen molar-refractivity contribution < 1.29 is 28.6 Å². The Hall–Kier alpha value is -2.91. The number of halogens is 1. The molecule has 0 unspecified atom stereocenters. The van der Waals surface area contributed by atoms with Gasteiger partial charge < -0.3 is 24.4 Å². The number of hydrogen-bond acceptors (Lipinski definition) is 7. The topological polar surface area (TPSA) is 94.2 Å². The van der Waals surface area contributed by atoms with Gasteiger partial charge in [-0.2, -0.15) is 0 Å². The first-order valence-electron chi connectivity index (χ1n) is 13.6. The Morgan fingerprint density at radius 3 is 2.37 bits per heavy atom. The third kappa shape index (κ3) is 8.10. The molecule has 2 aromatic rings. The maximum atomic E-state index is 14.3. The van der Waals surface area contributed by atoms with Crippen LogP contribution in [0.4, 0.5) is 5.69 Å². The highest BCUT2D eigenvalue weighted by Gasteiger charge is 2.40. The SMILES string of the molecule is COC(=O)[C@H](CC(C)C)NC(=O)C[C@@H]1S[C@@H](c2cccc(OC)c2OC)c2cc(Cl)ccc2N(CC(C)(C)C)C1=O. The van der Waals surface area contributed by atoms with Crippen molar-refractivity contribution in [2.75, 3.05) is 32.8 Å². The second kappa shape index (κ2) is 13.8. The number of amides is 2. The van der Waals surface area contributed by atoms with E-state index in [1.165, 1.54) is 18.9 Å². The van der Waals surface area contributed by atoms with Crippen LogP contribution in [-0.2, 0) is 19.1 Å². The maximum Gasteiger partial charge on any atom is 0.328 e. The van der Waals surface area contributed by atoms with Crippen LogP contribution in [0.25, 0.3) is 0 Å². The van der Waals surface area contributed by atoms with Crippen molar-refractivity contribution in [3.05, 3.63) is 52.5 Å². The van der Waals surface area contributed by atoms with E-state index in [2.05, 4.69) is 26.1 Å². The zero-order valence-electron chi connectivity index (χ0n) is 25.1. The van der Waals surface area contributed by atoms with Gasteiger partial charge in [0, 0.05) is 29.2 Å². The molecule has 0 radical (unpaired) electrons. The molecule has 41 heavy (non-hydrogen) atoms. The molecule has 1 N–H and O–H groups in total. The molecule has 2 amide bonds. The lowest BCUT2D eigenvalue weighted by atomic mass is 9.94. The number of carbonyl (C=O) groups is 3. The minimum absolute atomic E-state index is 0.125. The fourth-order valence-electron chi connectivity index (χ4n) is 4.95. The maximum absolute atomic E-state index is 14.3. The fourth-order valence-corrected chi connectivity index (χ4v) is 6.62. The summed E-state index contributed by atoms with van der Waals surface area (Å²) in [5.41, 5.74) is 2.13. The van der Waals surface area contributed by atoms with Crippen LogP contribution < -0.4 is 19.7 Å². The number of anilines is 1. The molecule has 10 heteroatoms. The van der Waals surface area contributed by atoms with Gasteiger partial charge in [-0.05, 0) is 47.6 Å². The van der Waals surface area contributed by atoms with Gasteiger partial charge in [-0.3, -0.25) is 9.59 Å². The van der Waals surface area contributed by atoms with Crippen LogP contribution in [0, 0.1) is 11.3 Å². The van der Waals surface area contributed by atoms with E-state index in [0.717, 1.165) is 16.8 Å². The van der Waals surface area contributed by atoms with E-state index in [4.69, 9.17) is 25.8 Å². The summed E-state index contributed by atoms with van der Waals surface area (Å²) in [5.74, 6) is 0.151. The number of para-hydroxylation sites is 1. The summed E-state index contributed by atoms with van der Waals surface area (Å²) in [5, 5.41) is 2.17. The van der Waals surface area contributed by atoms with Gasteiger partial charge in [-0.1, -0.05) is 58.4 Å². The molecule has 224 valence electrons. The molecule has 0 bridgehead atoms. The molecule has 2 aromatic carbocycles. The van der Waals surface area contributed by atoms with Crippen LogP contribution in [0.15, 0.2) is 36.4 Å². The van der Waals surface area contributed by atoms with E-state index >= 15 is 0 Å².